The van der Waals surface area contributed by atoms with Gasteiger partial charge in [-0.1, -0.05) is 24.3 Å². The van der Waals surface area contributed by atoms with E-state index in [1.165, 1.54) is 12.1 Å². The number of para-hydroxylation sites is 1. The number of carbonyl (C=O) groups is 1. The number of anilines is 1. The number of benzene rings is 2. The molecule has 28 heavy (non-hydrogen) atoms. The van der Waals surface area contributed by atoms with Gasteiger partial charge in [0.25, 0.3) is 5.91 Å². The van der Waals surface area contributed by atoms with E-state index in [-0.39, 0.29) is 17.3 Å². The molecule has 6 nitrogen and oxygen atoms in total. The largest absolute Gasteiger partial charge is 0.319 e. The van der Waals surface area contributed by atoms with Crippen LogP contribution in [0.25, 0.3) is 0 Å². The average molecular weight is 405 g/mol. The van der Waals surface area contributed by atoms with Gasteiger partial charge in [0.1, 0.15) is 5.82 Å². The van der Waals surface area contributed by atoms with Crippen molar-refractivity contribution < 1.29 is 17.6 Å². The first-order valence-electron chi connectivity index (χ1n) is 9.24. The molecule has 0 aromatic heterocycles. The van der Waals surface area contributed by atoms with Crippen molar-refractivity contribution in [1.82, 2.24) is 9.21 Å². The Bertz CT molecular complexity index is 924. The second kappa shape index (κ2) is 8.81. The van der Waals surface area contributed by atoms with Crippen LogP contribution in [0.5, 0.6) is 0 Å². The lowest BCUT2D eigenvalue weighted by atomic mass is 10.1. The predicted molar refractivity (Wildman–Crippen MR) is 107 cm³/mol. The summed E-state index contributed by atoms with van der Waals surface area (Å²) < 4.78 is 39.0. The van der Waals surface area contributed by atoms with Crippen LogP contribution in [0.4, 0.5) is 10.1 Å². The first-order chi connectivity index (χ1) is 13.4. The van der Waals surface area contributed by atoms with E-state index in [0.717, 1.165) is 5.56 Å². The highest BCUT2D eigenvalue weighted by Crippen LogP contribution is 2.16. The summed E-state index contributed by atoms with van der Waals surface area (Å²) in [6.07, 6.45) is 0. The zero-order valence-electron chi connectivity index (χ0n) is 15.8. The number of nitrogens with zero attached hydrogens (tertiary/aromatic N) is 2. The summed E-state index contributed by atoms with van der Waals surface area (Å²) in [6, 6.07) is 13.2. The third-order valence-electron chi connectivity index (χ3n) is 4.83. The van der Waals surface area contributed by atoms with Crippen LogP contribution in [0.15, 0.2) is 48.5 Å². The Kier molecular flexibility index (Phi) is 6.43. The van der Waals surface area contributed by atoms with Crippen LogP contribution in [0.2, 0.25) is 0 Å². The minimum absolute atomic E-state index is 0.128. The lowest BCUT2D eigenvalue weighted by molar-refractivity contribution is 0.102. The molecule has 0 bridgehead atoms. The third-order valence-corrected chi connectivity index (χ3v) is 6.72. The van der Waals surface area contributed by atoms with Crippen molar-refractivity contribution in [3.8, 4) is 0 Å². The minimum atomic E-state index is -3.13. The average Bonchev–Trinajstić information content (AvgIpc) is 2.70. The highest BCUT2D eigenvalue weighted by molar-refractivity contribution is 7.89. The molecule has 1 fully saturated rings. The topological polar surface area (TPSA) is 69.7 Å². The molecular formula is C20H24FN3O3S. The quantitative estimate of drug-likeness (QED) is 0.802. The predicted octanol–water partition coefficient (Wildman–Crippen LogP) is 2.55. The molecular weight excluding hydrogens is 381 g/mol. The molecule has 8 heteroatoms. The molecule has 1 heterocycles. The van der Waals surface area contributed by atoms with Crippen LogP contribution in [0, 0.1) is 5.82 Å². The number of halogens is 1. The number of hydrogen-bond acceptors (Lipinski definition) is 4. The first kappa shape index (κ1) is 20.4. The van der Waals surface area contributed by atoms with Crippen LogP contribution in [-0.2, 0) is 16.6 Å². The molecule has 2 aromatic rings. The Hall–Kier alpha value is -2.29. The molecule has 2 aromatic carbocycles. The molecule has 1 amide bonds. The first-order valence-corrected chi connectivity index (χ1v) is 10.8. The molecule has 150 valence electrons. The minimum Gasteiger partial charge on any atom is -0.319 e. The Morgan fingerprint density at radius 3 is 2.29 bits per heavy atom. The third kappa shape index (κ3) is 4.95. The Morgan fingerprint density at radius 2 is 1.68 bits per heavy atom. The summed E-state index contributed by atoms with van der Waals surface area (Å²) in [5.41, 5.74) is 1.64. The van der Waals surface area contributed by atoms with Gasteiger partial charge in [-0.05, 0) is 36.8 Å². The van der Waals surface area contributed by atoms with Crippen LogP contribution in [0.3, 0.4) is 0 Å². The Labute approximate surface area is 165 Å². The van der Waals surface area contributed by atoms with Gasteiger partial charge in [-0.15, -0.1) is 0 Å². The van der Waals surface area contributed by atoms with Gasteiger partial charge in [0.2, 0.25) is 10.0 Å². The molecule has 0 atom stereocenters. The maximum atomic E-state index is 13.7. The monoisotopic (exact) mass is 405 g/mol. The molecule has 0 spiro atoms. The molecule has 0 saturated carbocycles. The summed E-state index contributed by atoms with van der Waals surface area (Å²) in [4.78, 5) is 14.5. The number of carbonyl (C=O) groups excluding carboxylic acids is 1. The second-order valence-electron chi connectivity index (χ2n) is 6.71. The lowest BCUT2D eigenvalue weighted by Crippen LogP contribution is -2.48. The number of nitrogens with one attached hydrogen (secondary N) is 1. The van der Waals surface area contributed by atoms with E-state index in [4.69, 9.17) is 0 Å². The number of amides is 1. The number of rotatable bonds is 6. The van der Waals surface area contributed by atoms with E-state index in [0.29, 0.717) is 38.3 Å². The van der Waals surface area contributed by atoms with Crippen LogP contribution < -0.4 is 5.32 Å². The van der Waals surface area contributed by atoms with E-state index in [1.54, 1.807) is 35.5 Å². The standard InChI is InChI=1S/C20H24FN3O3S/c1-2-28(26,27)24-13-11-23(12-14-24)15-16-7-9-17(10-8-16)20(25)22-19-6-4-3-5-18(19)21/h3-10H,2,11-15H2,1H3,(H,22,25). The van der Waals surface area contributed by atoms with Crippen LogP contribution >= 0.6 is 0 Å². The zero-order valence-corrected chi connectivity index (χ0v) is 16.6. The van der Waals surface area contributed by atoms with Gasteiger partial charge < -0.3 is 5.32 Å². The van der Waals surface area contributed by atoms with E-state index < -0.39 is 15.8 Å². The lowest BCUT2D eigenvalue weighted by Gasteiger charge is -2.33. The molecule has 0 aliphatic carbocycles. The summed E-state index contributed by atoms with van der Waals surface area (Å²) >= 11 is 0. The molecule has 1 saturated heterocycles. The van der Waals surface area contributed by atoms with Crippen molar-refractivity contribution in [3.63, 3.8) is 0 Å². The smallest absolute Gasteiger partial charge is 0.255 e. The van der Waals surface area contributed by atoms with Gasteiger partial charge in [-0.2, -0.15) is 4.31 Å². The van der Waals surface area contributed by atoms with Gasteiger partial charge in [0.15, 0.2) is 0 Å². The van der Waals surface area contributed by atoms with Gasteiger partial charge in [-0.25, -0.2) is 12.8 Å². The highest BCUT2D eigenvalue weighted by atomic mass is 32.2. The fourth-order valence-corrected chi connectivity index (χ4v) is 4.21. The molecule has 1 aliphatic rings. The SMILES string of the molecule is CCS(=O)(=O)N1CCN(Cc2ccc(C(=O)Nc3ccccc3F)cc2)CC1. The molecule has 1 N–H and O–H groups in total. The fourth-order valence-electron chi connectivity index (χ4n) is 3.13. The van der Waals surface area contributed by atoms with Crippen molar-refractivity contribution >= 4 is 21.6 Å². The van der Waals surface area contributed by atoms with Crippen LogP contribution in [0.1, 0.15) is 22.8 Å². The normalized spacial score (nSPS) is 16.1. The molecule has 3 rings (SSSR count). The number of sulfonamides is 1. The van der Waals surface area contributed by atoms with Crippen LogP contribution in [-0.4, -0.2) is 55.5 Å². The van der Waals surface area contributed by atoms with E-state index in [9.17, 15) is 17.6 Å². The number of piperazine rings is 1. The van der Waals surface area contributed by atoms with Gasteiger partial charge in [0, 0.05) is 38.3 Å². The maximum Gasteiger partial charge on any atom is 0.255 e. The van der Waals surface area contributed by atoms with E-state index >= 15 is 0 Å². The van der Waals surface area contributed by atoms with Crippen molar-refractivity contribution in [2.75, 3.05) is 37.2 Å². The van der Waals surface area contributed by atoms with Gasteiger partial charge in [0.05, 0.1) is 11.4 Å². The van der Waals surface area contributed by atoms with Crippen molar-refractivity contribution in [2.24, 2.45) is 0 Å². The van der Waals surface area contributed by atoms with Crippen molar-refractivity contribution in [1.29, 1.82) is 0 Å². The molecule has 0 unspecified atom stereocenters. The summed E-state index contributed by atoms with van der Waals surface area (Å²) in [5, 5.41) is 2.57. The van der Waals surface area contributed by atoms with E-state index in [1.807, 2.05) is 12.1 Å². The Morgan fingerprint density at radius 1 is 1.04 bits per heavy atom. The molecule has 0 radical (unpaired) electrons. The highest BCUT2D eigenvalue weighted by Gasteiger charge is 2.25. The van der Waals surface area contributed by atoms with Gasteiger partial charge >= 0.3 is 0 Å². The maximum absolute atomic E-state index is 13.7. The zero-order chi connectivity index (χ0) is 20.1. The van der Waals surface area contributed by atoms with E-state index in [2.05, 4.69) is 10.2 Å². The summed E-state index contributed by atoms with van der Waals surface area (Å²) in [7, 11) is -3.13. The van der Waals surface area contributed by atoms with Gasteiger partial charge in [-0.3, -0.25) is 9.69 Å². The van der Waals surface area contributed by atoms with Crippen molar-refractivity contribution in [2.45, 2.75) is 13.5 Å². The fraction of sp³-hybridized carbons (Fsp3) is 0.350. The summed E-state index contributed by atoms with van der Waals surface area (Å²) in [5.74, 6) is -0.713. The number of hydrogen-bond donors (Lipinski definition) is 1. The molecule has 1 aliphatic heterocycles. The second-order valence-corrected chi connectivity index (χ2v) is 8.96. The van der Waals surface area contributed by atoms with Crippen molar-refractivity contribution in [3.05, 3.63) is 65.5 Å². The summed E-state index contributed by atoms with van der Waals surface area (Å²) in [6.45, 7) is 4.70. The Balaban J connectivity index is 1.55.